The molecule has 2 rings (SSSR count). The van der Waals surface area contributed by atoms with Gasteiger partial charge in [0.2, 0.25) is 10.0 Å². The molecule has 0 fully saturated rings. The summed E-state index contributed by atoms with van der Waals surface area (Å²) in [5, 5.41) is 3.18. The molecule has 2 aromatic rings. The van der Waals surface area contributed by atoms with Gasteiger partial charge in [0.1, 0.15) is 4.90 Å². The van der Waals surface area contributed by atoms with E-state index in [4.69, 9.17) is 0 Å². The fourth-order valence-electron chi connectivity index (χ4n) is 1.83. The van der Waals surface area contributed by atoms with Crippen LogP contribution in [0.25, 0.3) is 0 Å². The smallest absolute Gasteiger partial charge is 0.244 e. The second-order valence-electron chi connectivity index (χ2n) is 4.62. The summed E-state index contributed by atoms with van der Waals surface area (Å²) in [7, 11) is -0.379. The highest BCUT2D eigenvalue weighted by Gasteiger charge is 2.20. The van der Waals surface area contributed by atoms with Crippen LogP contribution in [0.15, 0.2) is 59.5 Å². The van der Waals surface area contributed by atoms with Gasteiger partial charge in [-0.1, -0.05) is 42.5 Å². The number of nitrogens with one attached hydrogen (secondary N) is 1. The van der Waals surface area contributed by atoms with Gasteiger partial charge in [-0.15, -0.1) is 0 Å². The molecule has 0 aromatic heterocycles. The minimum Gasteiger partial charge on any atom is -0.380 e. The van der Waals surface area contributed by atoms with Crippen LogP contribution in [0.5, 0.6) is 0 Å². The molecule has 0 bridgehead atoms. The molecular formula is C15H18N2O2S. The number of rotatable bonds is 5. The number of nitrogens with zero attached hydrogens (tertiary/aromatic N) is 1. The Kier molecular flexibility index (Phi) is 4.42. The number of anilines is 1. The molecule has 1 N–H and O–H groups in total. The zero-order chi connectivity index (χ0) is 14.6. The SMILES string of the molecule is CN(C)S(=O)(=O)c1ccccc1NCc1ccccc1. The predicted molar refractivity (Wildman–Crippen MR) is 81.1 cm³/mol. The third-order valence-corrected chi connectivity index (χ3v) is 4.84. The van der Waals surface area contributed by atoms with Crippen LogP contribution in [-0.2, 0) is 16.6 Å². The van der Waals surface area contributed by atoms with Crippen LogP contribution in [0.4, 0.5) is 5.69 Å². The average molecular weight is 290 g/mol. The summed E-state index contributed by atoms with van der Waals surface area (Å²) in [5.41, 5.74) is 1.72. The Morgan fingerprint density at radius 2 is 1.55 bits per heavy atom. The number of benzene rings is 2. The summed E-state index contributed by atoms with van der Waals surface area (Å²) in [6, 6.07) is 16.8. The quantitative estimate of drug-likeness (QED) is 0.920. The largest absolute Gasteiger partial charge is 0.380 e. The van der Waals surface area contributed by atoms with Crippen molar-refractivity contribution >= 4 is 15.7 Å². The molecule has 20 heavy (non-hydrogen) atoms. The average Bonchev–Trinajstić information content (AvgIpc) is 2.46. The molecular weight excluding hydrogens is 272 g/mol. The molecule has 0 unspecified atom stereocenters. The fourth-order valence-corrected chi connectivity index (χ4v) is 2.89. The van der Waals surface area contributed by atoms with E-state index < -0.39 is 10.0 Å². The summed E-state index contributed by atoms with van der Waals surface area (Å²) >= 11 is 0. The minimum atomic E-state index is -3.44. The standard InChI is InChI=1S/C15H18N2O2S/c1-17(2)20(18,19)15-11-7-6-10-14(15)16-12-13-8-4-3-5-9-13/h3-11,16H,12H2,1-2H3. The van der Waals surface area contributed by atoms with Crippen molar-refractivity contribution < 1.29 is 8.42 Å². The topological polar surface area (TPSA) is 49.4 Å². The van der Waals surface area contributed by atoms with E-state index in [1.807, 2.05) is 36.4 Å². The monoisotopic (exact) mass is 290 g/mol. The van der Waals surface area contributed by atoms with E-state index >= 15 is 0 Å². The predicted octanol–water partition coefficient (Wildman–Crippen LogP) is 2.55. The van der Waals surface area contributed by atoms with Crippen molar-refractivity contribution in [3.8, 4) is 0 Å². The molecule has 0 aliphatic carbocycles. The third-order valence-electron chi connectivity index (χ3n) is 2.97. The van der Waals surface area contributed by atoms with Crippen LogP contribution in [0.2, 0.25) is 0 Å². The van der Waals surface area contributed by atoms with Gasteiger partial charge in [-0.2, -0.15) is 0 Å². The summed E-state index contributed by atoms with van der Waals surface area (Å²) < 4.78 is 25.7. The molecule has 0 saturated carbocycles. The molecule has 0 saturated heterocycles. The molecule has 2 aromatic carbocycles. The Labute approximate surface area is 120 Å². The Hall–Kier alpha value is -1.85. The van der Waals surface area contributed by atoms with Crippen LogP contribution in [-0.4, -0.2) is 26.8 Å². The molecule has 0 heterocycles. The third kappa shape index (κ3) is 3.18. The number of para-hydroxylation sites is 1. The lowest BCUT2D eigenvalue weighted by Crippen LogP contribution is -2.23. The first-order chi connectivity index (χ1) is 9.51. The molecule has 0 radical (unpaired) electrons. The molecule has 0 amide bonds. The van der Waals surface area contributed by atoms with Gasteiger partial charge in [0.05, 0.1) is 5.69 Å². The first-order valence-corrected chi connectivity index (χ1v) is 7.75. The maximum atomic E-state index is 12.3. The van der Waals surface area contributed by atoms with Gasteiger partial charge in [-0.25, -0.2) is 12.7 Å². The second kappa shape index (κ2) is 6.07. The van der Waals surface area contributed by atoms with Gasteiger partial charge in [-0.3, -0.25) is 0 Å². The van der Waals surface area contributed by atoms with Crippen LogP contribution in [0.3, 0.4) is 0 Å². The van der Waals surface area contributed by atoms with E-state index in [1.165, 1.54) is 18.4 Å². The van der Waals surface area contributed by atoms with Gasteiger partial charge in [-0.05, 0) is 17.7 Å². The van der Waals surface area contributed by atoms with Crippen LogP contribution < -0.4 is 5.32 Å². The lowest BCUT2D eigenvalue weighted by Gasteiger charge is -2.16. The van der Waals surface area contributed by atoms with Crippen LogP contribution >= 0.6 is 0 Å². The lowest BCUT2D eigenvalue weighted by atomic mass is 10.2. The summed E-state index contributed by atoms with van der Waals surface area (Å²) in [4.78, 5) is 0.293. The summed E-state index contributed by atoms with van der Waals surface area (Å²) in [6.07, 6.45) is 0. The van der Waals surface area contributed by atoms with Crippen molar-refractivity contribution in [1.82, 2.24) is 4.31 Å². The van der Waals surface area contributed by atoms with E-state index in [0.29, 0.717) is 17.1 Å². The summed E-state index contributed by atoms with van der Waals surface area (Å²) in [5.74, 6) is 0. The maximum absolute atomic E-state index is 12.3. The van der Waals surface area contributed by atoms with Crippen molar-refractivity contribution in [2.45, 2.75) is 11.4 Å². The first-order valence-electron chi connectivity index (χ1n) is 6.31. The van der Waals surface area contributed by atoms with Crippen molar-refractivity contribution in [3.05, 3.63) is 60.2 Å². The van der Waals surface area contributed by atoms with E-state index in [-0.39, 0.29) is 0 Å². The highest BCUT2D eigenvalue weighted by Crippen LogP contribution is 2.23. The highest BCUT2D eigenvalue weighted by molar-refractivity contribution is 7.89. The number of hydrogen-bond donors (Lipinski definition) is 1. The fraction of sp³-hybridized carbons (Fsp3) is 0.200. The Morgan fingerprint density at radius 3 is 2.20 bits per heavy atom. The molecule has 4 nitrogen and oxygen atoms in total. The Morgan fingerprint density at radius 1 is 0.950 bits per heavy atom. The Balaban J connectivity index is 2.25. The molecule has 0 aliphatic heterocycles. The van der Waals surface area contributed by atoms with E-state index in [0.717, 1.165) is 5.56 Å². The summed E-state index contributed by atoms with van der Waals surface area (Å²) in [6.45, 7) is 0.584. The molecule has 0 aliphatic rings. The van der Waals surface area contributed by atoms with Gasteiger partial charge in [0, 0.05) is 20.6 Å². The van der Waals surface area contributed by atoms with Crippen LogP contribution in [0.1, 0.15) is 5.56 Å². The Bertz CT molecular complexity index is 667. The van der Waals surface area contributed by atoms with Crippen molar-refractivity contribution in [3.63, 3.8) is 0 Å². The zero-order valence-electron chi connectivity index (χ0n) is 11.6. The highest BCUT2D eigenvalue weighted by atomic mass is 32.2. The molecule has 5 heteroatoms. The lowest BCUT2D eigenvalue weighted by molar-refractivity contribution is 0.521. The molecule has 0 atom stereocenters. The van der Waals surface area contributed by atoms with Gasteiger partial charge >= 0.3 is 0 Å². The van der Waals surface area contributed by atoms with Crippen molar-refractivity contribution in [1.29, 1.82) is 0 Å². The zero-order valence-corrected chi connectivity index (χ0v) is 12.4. The van der Waals surface area contributed by atoms with Gasteiger partial charge in [0.25, 0.3) is 0 Å². The van der Waals surface area contributed by atoms with Crippen molar-refractivity contribution in [2.75, 3.05) is 19.4 Å². The minimum absolute atomic E-state index is 0.293. The number of sulfonamides is 1. The van der Waals surface area contributed by atoms with Crippen LogP contribution in [0, 0.1) is 0 Å². The second-order valence-corrected chi connectivity index (χ2v) is 6.74. The molecule has 0 spiro atoms. The van der Waals surface area contributed by atoms with E-state index in [2.05, 4.69) is 5.32 Å². The van der Waals surface area contributed by atoms with E-state index in [1.54, 1.807) is 18.2 Å². The van der Waals surface area contributed by atoms with Gasteiger partial charge < -0.3 is 5.32 Å². The van der Waals surface area contributed by atoms with E-state index in [9.17, 15) is 8.42 Å². The number of hydrogen-bond acceptors (Lipinski definition) is 3. The van der Waals surface area contributed by atoms with Gasteiger partial charge in [0.15, 0.2) is 0 Å². The normalized spacial score (nSPS) is 11.6. The molecule has 106 valence electrons. The first kappa shape index (κ1) is 14.6. The van der Waals surface area contributed by atoms with Crippen molar-refractivity contribution in [2.24, 2.45) is 0 Å². The maximum Gasteiger partial charge on any atom is 0.244 e.